The summed E-state index contributed by atoms with van der Waals surface area (Å²) in [5.74, 6) is 2.49. The molecule has 4 fully saturated rings. The fourth-order valence-electron chi connectivity index (χ4n) is 6.71. The summed E-state index contributed by atoms with van der Waals surface area (Å²) in [6, 6.07) is 10.5. The Bertz CT molecular complexity index is 711. The van der Waals surface area contributed by atoms with E-state index < -0.39 is 0 Å². The third-order valence-electron chi connectivity index (χ3n) is 7.73. The number of benzene rings is 1. The summed E-state index contributed by atoms with van der Waals surface area (Å²) in [5.41, 5.74) is 1.48. The lowest BCUT2D eigenvalue weighted by Crippen LogP contribution is -2.49. The Morgan fingerprint density at radius 2 is 1.57 bits per heavy atom. The maximum atomic E-state index is 12.6. The van der Waals surface area contributed by atoms with Gasteiger partial charge >= 0.3 is 0 Å². The number of carbonyl (C=O) groups excluding carboxylic acids is 2. The van der Waals surface area contributed by atoms with Gasteiger partial charge in [-0.3, -0.25) is 9.59 Å². The monoisotopic (exact) mass is 411 g/mol. The van der Waals surface area contributed by atoms with Gasteiger partial charge in [0.1, 0.15) is 0 Å². The molecule has 164 valence electrons. The lowest BCUT2D eigenvalue weighted by Gasteiger charge is -2.56. The molecule has 2 amide bonds. The third kappa shape index (κ3) is 5.23. The molecular formula is C25H37N3O2. The van der Waals surface area contributed by atoms with E-state index in [1.165, 1.54) is 44.1 Å². The first-order valence-electron chi connectivity index (χ1n) is 11.6. The van der Waals surface area contributed by atoms with E-state index in [1.807, 2.05) is 32.3 Å². The van der Waals surface area contributed by atoms with Gasteiger partial charge in [0.2, 0.25) is 11.8 Å². The highest BCUT2D eigenvalue weighted by molar-refractivity contribution is 5.85. The molecule has 0 saturated heterocycles. The van der Waals surface area contributed by atoms with E-state index in [-0.39, 0.29) is 29.8 Å². The molecule has 30 heavy (non-hydrogen) atoms. The number of hydrogen-bond donors (Lipinski definition) is 2. The zero-order valence-corrected chi connectivity index (χ0v) is 18.5. The molecule has 1 atom stereocenters. The van der Waals surface area contributed by atoms with Crippen LogP contribution in [0.15, 0.2) is 30.3 Å². The maximum Gasteiger partial charge on any atom is 0.239 e. The molecule has 1 unspecified atom stereocenters. The first kappa shape index (κ1) is 21.4. The second-order valence-corrected chi connectivity index (χ2v) is 10.5. The van der Waals surface area contributed by atoms with E-state index in [0.29, 0.717) is 13.0 Å². The van der Waals surface area contributed by atoms with Crippen LogP contribution in [0.5, 0.6) is 0 Å². The summed E-state index contributed by atoms with van der Waals surface area (Å²) >= 11 is 0. The minimum atomic E-state index is -0.103. The largest absolute Gasteiger partial charge is 0.353 e. The molecule has 1 aromatic rings. The minimum Gasteiger partial charge on any atom is -0.353 e. The second-order valence-electron chi connectivity index (χ2n) is 10.5. The molecule has 4 bridgehead atoms. The van der Waals surface area contributed by atoms with Gasteiger partial charge in [0.25, 0.3) is 0 Å². The topological polar surface area (TPSA) is 61.4 Å². The number of likely N-dealkylation sites (N-methyl/N-ethyl adjacent to an activating group) is 1. The van der Waals surface area contributed by atoms with Gasteiger partial charge < -0.3 is 15.5 Å². The van der Waals surface area contributed by atoms with Crippen molar-refractivity contribution in [2.24, 2.45) is 23.2 Å². The highest BCUT2D eigenvalue weighted by atomic mass is 16.2. The predicted molar refractivity (Wildman–Crippen MR) is 119 cm³/mol. The lowest BCUT2D eigenvalue weighted by atomic mass is 9.49. The van der Waals surface area contributed by atoms with Gasteiger partial charge in [0, 0.05) is 19.0 Å². The molecule has 4 aliphatic carbocycles. The van der Waals surface area contributed by atoms with E-state index in [1.54, 1.807) is 0 Å². The molecule has 2 N–H and O–H groups in total. The number of rotatable bonds is 9. The van der Waals surface area contributed by atoms with Crippen molar-refractivity contribution in [3.63, 3.8) is 0 Å². The Morgan fingerprint density at radius 1 is 0.967 bits per heavy atom. The summed E-state index contributed by atoms with van der Waals surface area (Å²) in [5, 5.41) is 5.90. The Labute approximate surface area is 181 Å². The molecular weight excluding hydrogens is 374 g/mol. The van der Waals surface area contributed by atoms with Gasteiger partial charge in [-0.2, -0.15) is 0 Å². The molecule has 1 aromatic carbocycles. The predicted octanol–water partition coefficient (Wildman–Crippen LogP) is 3.00. The normalized spacial score (nSPS) is 30.3. The summed E-state index contributed by atoms with van der Waals surface area (Å²) in [6.07, 6.45) is 9.33. The second kappa shape index (κ2) is 9.09. The van der Waals surface area contributed by atoms with E-state index in [4.69, 9.17) is 0 Å². The molecule has 0 spiro atoms. The van der Waals surface area contributed by atoms with E-state index in [0.717, 1.165) is 24.2 Å². The number of nitrogens with zero attached hydrogens (tertiary/aromatic N) is 1. The zero-order chi connectivity index (χ0) is 21.1. The van der Waals surface area contributed by atoms with Gasteiger partial charge in [0.05, 0.1) is 6.54 Å². The zero-order valence-electron chi connectivity index (χ0n) is 18.5. The smallest absolute Gasteiger partial charge is 0.239 e. The Kier molecular flexibility index (Phi) is 6.47. The average Bonchev–Trinajstić information content (AvgIpc) is 2.68. The van der Waals surface area contributed by atoms with Gasteiger partial charge in [-0.1, -0.05) is 30.3 Å². The molecule has 5 nitrogen and oxygen atoms in total. The molecule has 0 heterocycles. The van der Waals surface area contributed by atoms with Crippen LogP contribution < -0.4 is 10.6 Å². The highest BCUT2D eigenvalue weighted by Gasteiger charge is 2.51. The van der Waals surface area contributed by atoms with Crippen molar-refractivity contribution in [3.05, 3.63) is 35.9 Å². The Morgan fingerprint density at radius 3 is 2.13 bits per heavy atom. The van der Waals surface area contributed by atoms with Crippen LogP contribution in [0.25, 0.3) is 0 Å². The maximum absolute atomic E-state index is 12.6. The van der Waals surface area contributed by atoms with Crippen LogP contribution >= 0.6 is 0 Å². The van der Waals surface area contributed by atoms with Crippen molar-refractivity contribution in [1.29, 1.82) is 0 Å². The SMILES string of the molecule is CN(C)C(CNC(=O)CNC(=O)CC12CC3CC(CC(C3)C1)C2)Cc1ccccc1. The van der Waals surface area contributed by atoms with Crippen molar-refractivity contribution in [1.82, 2.24) is 15.5 Å². The number of amides is 2. The van der Waals surface area contributed by atoms with Crippen LogP contribution in [0.4, 0.5) is 0 Å². The Hall–Kier alpha value is -1.88. The van der Waals surface area contributed by atoms with Gasteiger partial charge in [-0.05, 0) is 87.8 Å². The number of hydrogen-bond acceptors (Lipinski definition) is 3. The quantitative estimate of drug-likeness (QED) is 0.657. The molecule has 5 rings (SSSR count). The average molecular weight is 412 g/mol. The van der Waals surface area contributed by atoms with Crippen LogP contribution in [0.2, 0.25) is 0 Å². The lowest BCUT2D eigenvalue weighted by molar-refractivity contribution is -0.132. The van der Waals surface area contributed by atoms with Crippen molar-refractivity contribution in [2.75, 3.05) is 27.2 Å². The van der Waals surface area contributed by atoms with Crippen molar-refractivity contribution >= 4 is 11.8 Å². The summed E-state index contributed by atoms with van der Waals surface area (Å²) in [7, 11) is 4.07. The molecule has 4 saturated carbocycles. The first-order valence-corrected chi connectivity index (χ1v) is 11.6. The van der Waals surface area contributed by atoms with Crippen LogP contribution in [-0.2, 0) is 16.0 Å². The third-order valence-corrected chi connectivity index (χ3v) is 7.73. The molecule has 0 radical (unpaired) electrons. The van der Waals surface area contributed by atoms with E-state index in [2.05, 4.69) is 27.7 Å². The van der Waals surface area contributed by atoms with Crippen LogP contribution in [0.1, 0.15) is 50.5 Å². The minimum absolute atomic E-state index is 0.0561. The summed E-state index contributed by atoms with van der Waals surface area (Å²) in [4.78, 5) is 27.1. The van der Waals surface area contributed by atoms with Crippen LogP contribution in [0.3, 0.4) is 0 Å². The van der Waals surface area contributed by atoms with Crippen LogP contribution in [0, 0.1) is 23.2 Å². The molecule has 0 aromatic heterocycles. The van der Waals surface area contributed by atoms with Crippen molar-refractivity contribution < 1.29 is 9.59 Å². The fourth-order valence-corrected chi connectivity index (χ4v) is 6.71. The summed E-state index contributed by atoms with van der Waals surface area (Å²) in [6.45, 7) is 0.655. The number of carbonyl (C=O) groups is 2. The molecule has 5 heteroatoms. The number of nitrogens with one attached hydrogen (secondary N) is 2. The van der Waals surface area contributed by atoms with E-state index in [9.17, 15) is 9.59 Å². The molecule has 4 aliphatic rings. The van der Waals surface area contributed by atoms with Gasteiger partial charge in [-0.15, -0.1) is 0 Å². The summed E-state index contributed by atoms with van der Waals surface area (Å²) < 4.78 is 0. The van der Waals surface area contributed by atoms with Gasteiger partial charge in [0.15, 0.2) is 0 Å². The molecule has 0 aliphatic heterocycles. The van der Waals surface area contributed by atoms with Crippen molar-refractivity contribution in [3.8, 4) is 0 Å². The highest BCUT2D eigenvalue weighted by Crippen LogP contribution is 2.61. The Balaban J connectivity index is 1.20. The fraction of sp³-hybridized carbons (Fsp3) is 0.680. The van der Waals surface area contributed by atoms with Crippen LogP contribution in [-0.4, -0.2) is 49.9 Å². The first-order chi connectivity index (χ1) is 14.4. The van der Waals surface area contributed by atoms with Crippen molar-refractivity contribution in [2.45, 2.75) is 57.4 Å². The van der Waals surface area contributed by atoms with Gasteiger partial charge in [-0.25, -0.2) is 0 Å². The standard InChI is InChI=1S/C25H37N3O2/c1-28(2)22(11-18-6-4-3-5-7-18)16-26-24(30)17-27-23(29)15-25-12-19-8-20(13-25)10-21(9-19)14-25/h3-7,19-22H,8-17H2,1-2H3,(H,26,30)(H,27,29). The van der Waals surface area contributed by atoms with E-state index >= 15 is 0 Å².